The SMILES string of the molecule is Cc1ccc2nc(CNN3CCOCC3)[nH]c2c1. The van der Waals surface area contributed by atoms with E-state index < -0.39 is 0 Å². The largest absolute Gasteiger partial charge is 0.379 e. The summed E-state index contributed by atoms with van der Waals surface area (Å²) >= 11 is 0. The zero-order valence-corrected chi connectivity index (χ0v) is 10.6. The van der Waals surface area contributed by atoms with Crippen LogP contribution < -0.4 is 5.43 Å². The summed E-state index contributed by atoms with van der Waals surface area (Å²) in [6.07, 6.45) is 0. The Morgan fingerprint density at radius 2 is 2.22 bits per heavy atom. The molecule has 1 fully saturated rings. The van der Waals surface area contributed by atoms with E-state index in [9.17, 15) is 0 Å². The van der Waals surface area contributed by atoms with Gasteiger partial charge in [0, 0.05) is 13.1 Å². The molecular formula is C13H18N4O. The van der Waals surface area contributed by atoms with Crippen molar-refractivity contribution in [1.82, 2.24) is 20.4 Å². The second-order valence-corrected chi connectivity index (χ2v) is 4.64. The van der Waals surface area contributed by atoms with Crippen LogP contribution in [0.4, 0.5) is 0 Å². The van der Waals surface area contributed by atoms with Crippen molar-refractivity contribution in [2.75, 3.05) is 26.3 Å². The Morgan fingerprint density at radius 1 is 1.39 bits per heavy atom. The number of aryl methyl sites for hydroxylation is 1. The minimum absolute atomic E-state index is 0.730. The number of H-pyrrole nitrogens is 1. The van der Waals surface area contributed by atoms with Crippen molar-refractivity contribution in [2.24, 2.45) is 0 Å². The fourth-order valence-electron chi connectivity index (χ4n) is 2.17. The average molecular weight is 246 g/mol. The van der Waals surface area contributed by atoms with Crippen LogP contribution in [0.2, 0.25) is 0 Å². The number of nitrogens with one attached hydrogen (secondary N) is 2. The molecule has 18 heavy (non-hydrogen) atoms. The van der Waals surface area contributed by atoms with Gasteiger partial charge in [-0.1, -0.05) is 6.07 Å². The first-order valence-electron chi connectivity index (χ1n) is 6.33. The molecule has 3 rings (SSSR count). The number of nitrogens with zero attached hydrogens (tertiary/aromatic N) is 2. The predicted molar refractivity (Wildman–Crippen MR) is 70.1 cm³/mol. The van der Waals surface area contributed by atoms with Crippen molar-refractivity contribution in [3.63, 3.8) is 0 Å². The molecule has 0 saturated carbocycles. The smallest absolute Gasteiger partial charge is 0.122 e. The van der Waals surface area contributed by atoms with E-state index in [2.05, 4.69) is 45.5 Å². The van der Waals surface area contributed by atoms with Gasteiger partial charge in [-0.15, -0.1) is 0 Å². The first kappa shape index (κ1) is 11.6. The van der Waals surface area contributed by atoms with Crippen molar-refractivity contribution in [3.8, 4) is 0 Å². The monoisotopic (exact) mass is 246 g/mol. The Morgan fingerprint density at radius 3 is 3.06 bits per heavy atom. The number of morpholine rings is 1. The van der Waals surface area contributed by atoms with Gasteiger partial charge in [-0.3, -0.25) is 0 Å². The highest BCUT2D eigenvalue weighted by Crippen LogP contribution is 2.13. The van der Waals surface area contributed by atoms with Crippen molar-refractivity contribution in [2.45, 2.75) is 13.5 Å². The third-order valence-corrected chi connectivity index (χ3v) is 3.17. The number of ether oxygens (including phenoxy) is 1. The Kier molecular flexibility index (Phi) is 3.27. The molecule has 2 aromatic rings. The summed E-state index contributed by atoms with van der Waals surface area (Å²) < 4.78 is 5.31. The van der Waals surface area contributed by atoms with Crippen LogP contribution in [0.25, 0.3) is 11.0 Å². The van der Waals surface area contributed by atoms with Crippen molar-refractivity contribution in [1.29, 1.82) is 0 Å². The van der Waals surface area contributed by atoms with E-state index in [-0.39, 0.29) is 0 Å². The second kappa shape index (κ2) is 5.06. The zero-order valence-electron chi connectivity index (χ0n) is 10.6. The highest BCUT2D eigenvalue weighted by atomic mass is 16.5. The summed E-state index contributed by atoms with van der Waals surface area (Å²) in [5.41, 5.74) is 6.75. The van der Waals surface area contributed by atoms with Gasteiger partial charge in [0.05, 0.1) is 30.8 Å². The summed E-state index contributed by atoms with van der Waals surface area (Å²) in [4.78, 5) is 7.91. The molecule has 0 aliphatic carbocycles. The lowest BCUT2D eigenvalue weighted by atomic mass is 10.2. The Labute approximate surface area is 106 Å². The molecule has 0 spiro atoms. The molecular weight excluding hydrogens is 228 g/mol. The van der Waals surface area contributed by atoms with Crippen LogP contribution >= 0.6 is 0 Å². The normalized spacial score (nSPS) is 17.4. The molecule has 0 radical (unpaired) electrons. The fraction of sp³-hybridized carbons (Fsp3) is 0.462. The molecule has 5 nitrogen and oxygen atoms in total. The molecule has 5 heteroatoms. The van der Waals surface area contributed by atoms with Gasteiger partial charge >= 0.3 is 0 Å². The first-order valence-corrected chi connectivity index (χ1v) is 6.33. The molecule has 2 N–H and O–H groups in total. The maximum atomic E-state index is 5.31. The quantitative estimate of drug-likeness (QED) is 0.854. The average Bonchev–Trinajstić information content (AvgIpc) is 2.79. The summed E-state index contributed by atoms with van der Waals surface area (Å²) in [6.45, 7) is 6.27. The number of aromatic nitrogens is 2. The molecule has 1 aromatic carbocycles. The molecule has 2 heterocycles. The molecule has 1 aliphatic heterocycles. The van der Waals surface area contributed by atoms with E-state index in [0.29, 0.717) is 0 Å². The van der Waals surface area contributed by atoms with Gasteiger partial charge < -0.3 is 9.72 Å². The zero-order chi connectivity index (χ0) is 12.4. The van der Waals surface area contributed by atoms with Gasteiger partial charge in [-0.2, -0.15) is 0 Å². The molecule has 0 atom stereocenters. The van der Waals surface area contributed by atoms with Gasteiger partial charge in [0.25, 0.3) is 0 Å². The predicted octanol–water partition coefficient (Wildman–Crippen LogP) is 1.21. The molecule has 0 amide bonds. The van der Waals surface area contributed by atoms with E-state index in [4.69, 9.17) is 4.74 Å². The van der Waals surface area contributed by atoms with E-state index >= 15 is 0 Å². The number of benzene rings is 1. The summed E-state index contributed by atoms with van der Waals surface area (Å²) in [7, 11) is 0. The highest BCUT2D eigenvalue weighted by Gasteiger charge is 2.10. The van der Waals surface area contributed by atoms with E-state index in [1.54, 1.807) is 0 Å². The summed E-state index contributed by atoms with van der Waals surface area (Å²) in [6, 6.07) is 6.27. The number of hydrogen-bond acceptors (Lipinski definition) is 4. The maximum Gasteiger partial charge on any atom is 0.122 e. The Bertz CT molecular complexity index is 531. The van der Waals surface area contributed by atoms with Crippen molar-refractivity contribution >= 4 is 11.0 Å². The fourth-order valence-corrected chi connectivity index (χ4v) is 2.17. The number of hydrogen-bond donors (Lipinski definition) is 2. The Balaban J connectivity index is 1.67. The molecule has 96 valence electrons. The van der Waals surface area contributed by atoms with Gasteiger partial charge in [-0.05, 0) is 24.6 Å². The molecule has 0 bridgehead atoms. The third kappa shape index (κ3) is 2.53. The molecule has 1 aliphatic rings. The minimum Gasteiger partial charge on any atom is -0.379 e. The lowest BCUT2D eigenvalue weighted by molar-refractivity contribution is 0.0102. The summed E-state index contributed by atoms with van der Waals surface area (Å²) in [5, 5.41) is 2.18. The number of imidazole rings is 1. The Hall–Kier alpha value is -1.43. The van der Waals surface area contributed by atoms with Crippen LogP contribution in [0.15, 0.2) is 18.2 Å². The van der Waals surface area contributed by atoms with E-state index in [0.717, 1.165) is 49.7 Å². The van der Waals surface area contributed by atoms with Crippen LogP contribution in [0.3, 0.4) is 0 Å². The van der Waals surface area contributed by atoms with Gasteiger partial charge in [0.2, 0.25) is 0 Å². The van der Waals surface area contributed by atoms with Crippen LogP contribution in [0.5, 0.6) is 0 Å². The standard InChI is InChI=1S/C13H18N4O/c1-10-2-3-11-12(8-10)16-13(15-11)9-14-17-4-6-18-7-5-17/h2-3,8,14H,4-7,9H2,1H3,(H,15,16). The van der Waals surface area contributed by atoms with Crippen molar-refractivity contribution < 1.29 is 4.74 Å². The van der Waals surface area contributed by atoms with Gasteiger partial charge in [-0.25, -0.2) is 15.4 Å². The third-order valence-electron chi connectivity index (χ3n) is 3.17. The van der Waals surface area contributed by atoms with Crippen molar-refractivity contribution in [3.05, 3.63) is 29.6 Å². The molecule has 1 saturated heterocycles. The van der Waals surface area contributed by atoms with E-state index in [1.807, 2.05) is 0 Å². The van der Waals surface area contributed by atoms with Crippen LogP contribution in [-0.4, -0.2) is 41.3 Å². The second-order valence-electron chi connectivity index (χ2n) is 4.64. The van der Waals surface area contributed by atoms with E-state index in [1.165, 1.54) is 5.56 Å². The highest BCUT2D eigenvalue weighted by molar-refractivity contribution is 5.75. The van der Waals surface area contributed by atoms with Crippen LogP contribution in [0, 0.1) is 6.92 Å². The van der Waals surface area contributed by atoms with Gasteiger partial charge in [0.1, 0.15) is 5.82 Å². The molecule has 0 unspecified atom stereocenters. The van der Waals surface area contributed by atoms with Crippen LogP contribution in [-0.2, 0) is 11.3 Å². The van der Waals surface area contributed by atoms with Crippen LogP contribution in [0.1, 0.15) is 11.4 Å². The molecule has 1 aromatic heterocycles. The topological polar surface area (TPSA) is 53.2 Å². The lowest BCUT2D eigenvalue weighted by Crippen LogP contribution is -2.45. The summed E-state index contributed by atoms with van der Waals surface area (Å²) in [5.74, 6) is 0.974. The first-order chi connectivity index (χ1) is 8.81. The number of aromatic amines is 1. The maximum absolute atomic E-state index is 5.31. The van der Waals surface area contributed by atoms with Gasteiger partial charge in [0.15, 0.2) is 0 Å². The number of rotatable bonds is 3. The lowest BCUT2D eigenvalue weighted by Gasteiger charge is -2.26. The number of hydrazine groups is 1. The number of fused-ring (bicyclic) bond motifs is 1. The minimum atomic E-state index is 0.730.